The van der Waals surface area contributed by atoms with E-state index in [1.165, 1.54) is 17.7 Å². The van der Waals surface area contributed by atoms with Crippen LogP contribution in [0, 0.1) is 5.82 Å². The molecule has 1 heterocycles. The summed E-state index contributed by atoms with van der Waals surface area (Å²) >= 11 is 1.59. The molecule has 2 nitrogen and oxygen atoms in total. The van der Waals surface area contributed by atoms with Gasteiger partial charge in [0.25, 0.3) is 0 Å². The quantitative estimate of drug-likeness (QED) is 0.785. The molecule has 1 aliphatic rings. The van der Waals surface area contributed by atoms with Crippen molar-refractivity contribution in [1.82, 2.24) is 0 Å². The van der Waals surface area contributed by atoms with Gasteiger partial charge < -0.3 is 4.90 Å². The zero-order valence-corrected chi connectivity index (χ0v) is 13.1. The Bertz CT molecular complexity index is 656. The first-order valence-corrected chi connectivity index (χ1v) is 8.49. The number of benzene rings is 2. The monoisotopic (exact) mass is 315 g/mol. The second-order valence-corrected chi connectivity index (χ2v) is 6.50. The van der Waals surface area contributed by atoms with Crippen molar-refractivity contribution in [2.24, 2.45) is 0 Å². The molecule has 1 amide bonds. The summed E-state index contributed by atoms with van der Waals surface area (Å²) in [5, 5.41) is 0. The van der Waals surface area contributed by atoms with Gasteiger partial charge in [-0.1, -0.05) is 18.2 Å². The molecular formula is C18H18FNOS. The first-order valence-electron chi connectivity index (χ1n) is 7.51. The van der Waals surface area contributed by atoms with Gasteiger partial charge >= 0.3 is 0 Å². The molecule has 0 fully saturated rings. The summed E-state index contributed by atoms with van der Waals surface area (Å²) in [6.07, 6.45) is 2.56. The average molecular weight is 315 g/mol. The van der Waals surface area contributed by atoms with Gasteiger partial charge in [-0.05, 0) is 48.7 Å². The van der Waals surface area contributed by atoms with E-state index in [-0.39, 0.29) is 11.7 Å². The maximum atomic E-state index is 12.9. The van der Waals surface area contributed by atoms with E-state index in [1.807, 2.05) is 23.1 Å². The van der Waals surface area contributed by atoms with Crippen molar-refractivity contribution >= 4 is 23.4 Å². The molecule has 114 valence electrons. The number of rotatable bonds is 4. The van der Waals surface area contributed by atoms with Gasteiger partial charge in [0.2, 0.25) is 5.91 Å². The molecule has 0 N–H and O–H groups in total. The standard InChI is InChI=1S/C18H18FNOS/c19-15-7-9-16(10-8-15)22-13-11-18(21)20-12-3-5-14-4-1-2-6-17(14)20/h1-2,4,6-10H,3,5,11-13H2. The zero-order valence-electron chi connectivity index (χ0n) is 12.3. The highest BCUT2D eigenvalue weighted by atomic mass is 32.2. The predicted octanol–water partition coefficient (Wildman–Crippen LogP) is 4.29. The summed E-state index contributed by atoms with van der Waals surface area (Å²) in [6, 6.07) is 14.5. The Morgan fingerprint density at radius 3 is 2.73 bits per heavy atom. The molecule has 0 saturated heterocycles. The average Bonchev–Trinajstić information content (AvgIpc) is 2.56. The summed E-state index contributed by atoms with van der Waals surface area (Å²) in [5.41, 5.74) is 2.32. The summed E-state index contributed by atoms with van der Waals surface area (Å²) in [7, 11) is 0. The van der Waals surface area contributed by atoms with Crippen LogP contribution in [0.3, 0.4) is 0 Å². The molecule has 0 radical (unpaired) electrons. The Balaban J connectivity index is 1.58. The van der Waals surface area contributed by atoms with Crippen molar-refractivity contribution in [2.45, 2.75) is 24.2 Å². The minimum atomic E-state index is -0.231. The third-order valence-corrected chi connectivity index (χ3v) is 4.82. The summed E-state index contributed by atoms with van der Waals surface area (Å²) in [5.74, 6) is 0.649. The van der Waals surface area contributed by atoms with Gasteiger partial charge in [-0.15, -0.1) is 11.8 Å². The Labute approximate surface area is 134 Å². The van der Waals surface area contributed by atoms with Crippen LogP contribution in [-0.2, 0) is 11.2 Å². The first kappa shape index (κ1) is 15.1. The van der Waals surface area contributed by atoms with E-state index >= 15 is 0 Å². The lowest BCUT2D eigenvalue weighted by Gasteiger charge is -2.29. The number of amides is 1. The maximum absolute atomic E-state index is 12.9. The summed E-state index contributed by atoms with van der Waals surface area (Å²) in [6.45, 7) is 0.803. The molecule has 0 spiro atoms. The summed E-state index contributed by atoms with van der Waals surface area (Å²) < 4.78 is 12.9. The fraction of sp³-hybridized carbons (Fsp3) is 0.278. The van der Waals surface area contributed by atoms with Crippen LogP contribution in [0.25, 0.3) is 0 Å². The van der Waals surface area contributed by atoms with Crippen molar-refractivity contribution in [1.29, 1.82) is 0 Å². The highest BCUT2D eigenvalue weighted by Crippen LogP contribution is 2.28. The fourth-order valence-electron chi connectivity index (χ4n) is 2.71. The number of hydrogen-bond donors (Lipinski definition) is 0. The minimum Gasteiger partial charge on any atom is -0.312 e. The highest BCUT2D eigenvalue weighted by molar-refractivity contribution is 7.99. The van der Waals surface area contributed by atoms with Gasteiger partial charge in [-0.3, -0.25) is 4.79 Å². The zero-order chi connectivity index (χ0) is 15.4. The van der Waals surface area contributed by atoms with E-state index in [9.17, 15) is 9.18 Å². The molecule has 1 aliphatic heterocycles. The molecular weight excluding hydrogens is 297 g/mol. The first-order chi connectivity index (χ1) is 10.7. The second kappa shape index (κ2) is 6.97. The van der Waals surface area contributed by atoms with E-state index in [0.29, 0.717) is 12.2 Å². The molecule has 4 heteroatoms. The molecule has 0 aliphatic carbocycles. The van der Waals surface area contributed by atoms with Crippen LogP contribution in [0.1, 0.15) is 18.4 Å². The highest BCUT2D eigenvalue weighted by Gasteiger charge is 2.21. The number of aryl methyl sites for hydroxylation is 1. The minimum absolute atomic E-state index is 0.168. The van der Waals surface area contributed by atoms with E-state index in [1.54, 1.807) is 23.9 Å². The number of halogens is 1. The van der Waals surface area contributed by atoms with Gasteiger partial charge in [0.15, 0.2) is 0 Å². The number of thioether (sulfide) groups is 1. The molecule has 22 heavy (non-hydrogen) atoms. The lowest BCUT2D eigenvalue weighted by Crippen LogP contribution is -2.35. The van der Waals surface area contributed by atoms with Crippen LogP contribution < -0.4 is 4.90 Å². The number of para-hydroxylation sites is 1. The largest absolute Gasteiger partial charge is 0.312 e. The van der Waals surface area contributed by atoms with Crippen LogP contribution >= 0.6 is 11.8 Å². The van der Waals surface area contributed by atoms with E-state index in [2.05, 4.69) is 6.07 Å². The number of hydrogen-bond acceptors (Lipinski definition) is 2. The van der Waals surface area contributed by atoms with Gasteiger partial charge in [0.1, 0.15) is 5.82 Å². The van der Waals surface area contributed by atoms with Crippen LogP contribution in [-0.4, -0.2) is 18.2 Å². The predicted molar refractivity (Wildman–Crippen MR) is 88.9 cm³/mol. The number of nitrogens with zero attached hydrogens (tertiary/aromatic N) is 1. The van der Waals surface area contributed by atoms with Crippen LogP contribution in [0.2, 0.25) is 0 Å². The number of carbonyl (C=O) groups excluding carboxylic acids is 1. The third-order valence-electron chi connectivity index (χ3n) is 3.81. The lowest BCUT2D eigenvalue weighted by atomic mass is 10.0. The van der Waals surface area contributed by atoms with E-state index in [0.717, 1.165) is 30.0 Å². The number of anilines is 1. The van der Waals surface area contributed by atoms with Crippen molar-refractivity contribution < 1.29 is 9.18 Å². The molecule has 0 aromatic heterocycles. The number of carbonyl (C=O) groups is 1. The fourth-order valence-corrected chi connectivity index (χ4v) is 3.56. The number of fused-ring (bicyclic) bond motifs is 1. The lowest BCUT2D eigenvalue weighted by molar-refractivity contribution is -0.118. The SMILES string of the molecule is O=C(CCSc1ccc(F)cc1)N1CCCc2ccccc21. The Morgan fingerprint density at radius 1 is 1.14 bits per heavy atom. The van der Waals surface area contributed by atoms with Crippen LogP contribution in [0.15, 0.2) is 53.4 Å². The normalized spacial score (nSPS) is 13.8. The second-order valence-electron chi connectivity index (χ2n) is 5.33. The van der Waals surface area contributed by atoms with Crippen molar-refractivity contribution in [3.05, 3.63) is 59.9 Å². The van der Waals surface area contributed by atoms with Gasteiger partial charge in [0.05, 0.1) is 0 Å². The van der Waals surface area contributed by atoms with Gasteiger partial charge in [-0.2, -0.15) is 0 Å². The van der Waals surface area contributed by atoms with Crippen molar-refractivity contribution in [3.63, 3.8) is 0 Å². The molecule has 0 atom stereocenters. The van der Waals surface area contributed by atoms with E-state index in [4.69, 9.17) is 0 Å². The maximum Gasteiger partial charge on any atom is 0.227 e. The van der Waals surface area contributed by atoms with Crippen LogP contribution in [0.4, 0.5) is 10.1 Å². The smallest absolute Gasteiger partial charge is 0.227 e. The van der Waals surface area contributed by atoms with Crippen molar-refractivity contribution in [2.75, 3.05) is 17.2 Å². The van der Waals surface area contributed by atoms with Gasteiger partial charge in [0, 0.05) is 29.3 Å². The topological polar surface area (TPSA) is 20.3 Å². The van der Waals surface area contributed by atoms with Gasteiger partial charge in [-0.25, -0.2) is 4.39 Å². The molecule has 2 aromatic rings. The Hall–Kier alpha value is -1.81. The molecule has 3 rings (SSSR count). The van der Waals surface area contributed by atoms with Crippen molar-refractivity contribution in [3.8, 4) is 0 Å². The third kappa shape index (κ3) is 3.50. The van der Waals surface area contributed by atoms with E-state index < -0.39 is 0 Å². The van der Waals surface area contributed by atoms with Crippen LogP contribution in [0.5, 0.6) is 0 Å². The molecule has 0 unspecified atom stereocenters. The molecule has 0 saturated carbocycles. The Morgan fingerprint density at radius 2 is 1.91 bits per heavy atom. The summed E-state index contributed by atoms with van der Waals surface area (Å²) in [4.78, 5) is 15.4. The Kier molecular flexibility index (Phi) is 4.78. The molecule has 2 aromatic carbocycles. The molecule has 0 bridgehead atoms.